The number of phenolic OH excluding ortho intramolecular Hbond substituents is 2. The first-order valence-corrected chi connectivity index (χ1v) is 24.9. The van der Waals surface area contributed by atoms with Gasteiger partial charge in [0.25, 0.3) is 11.8 Å². The van der Waals surface area contributed by atoms with Crippen LogP contribution in [0.1, 0.15) is 31.8 Å². The summed E-state index contributed by atoms with van der Waals surface area (Å²) >= 11 is 2.87. The Kier molecular flexibility index (Phi) is 25.0. The molecule has 4 aromatic carbocycles. The molecule has 0 spiro atoms. The molecule has 17 heteroatoms. The van der Waals surface area contributed by atoms with Gasteiger partial charge in [-0.25, -0.2) is 4.79 Å². The predicted molar refractivity (Wildman–Crippen MR) is 244 cm³/mol. The van der Waals surface area contributed by atoms with Gasteiger partial charge >= 0.3 is 5.97 Å². The number of aromatic hydroxyl groups is 2. The molecule has 0 bridgehead atoms. The van der Waals surface area contributed by atoms with Crippen LogP contribution in [0.25, 0.3) is 0 Å². The van der Waals surface area contributed by atoms with Gasteiger partial charge in [0.2, 0.25) is 5.91 Å². The highest BCUT2D eigenvalue weighted by atomic mass is 33.1. The lowest BCUT2D eigenvalue weighted by atomic mass is 10.1. The second kappa shape index (κ2) is 28.8. The Morgan fingerprint density at radius 1 is 0.632 bits per heavy atom. The Morgan fingerprint density at radius 2 is 1.07 bits per heavy atom. The van der Waals surface area contributed by atoms with E-state index in [9.17, 15) is 34.5 Å². The summed E-state index contributed by atoms with van der Waals surface area (Å²) in [5.74, 6) is 0.352. The number of carboxylic acids is 1. The molecule has 0 fully saturated rings. The minimum Gasteiger partial charge on any atom is -0.508 e. The van der Waals surface area contributed by atoms with Crippen molar-refractivity contribution in [1.82, 2.24) is 16.0 Å². The molecule has 4 aromatic rings. The smallest absolute Gasteiger partial charge is 0.327 e. The monoisotopic (exact) mass is 890 g/mol. The lowest BCUT2D eigenvalue weighted by Gasteiger charge is -2.19. The van der Waals surface area contributed by atoms with Crippen LogP contribution >= 0.6 is 66.7 Å². The zero-order chi connectivity index (χ0) is 42.0. The standard InChI is InChI=1S/C20H24N2O3S3.C17H17NO4S.C3H9NS2/c1-14-16(9-6-10-18(14)23)19(24)22-17(20(25)21-11-12-28-26-2)13-27-15-7-4-3-5-8-15;1-11-13(8-5-9-15(11)19)16(20)18-14(17(21)22)10-23-12-6-3-2-4-7-12;1-5-6-3-2-4/h3-10,17,23H,11-13H2,1-2H3,(H,21,25)(H,22,24);2-9,14,19H,10H2,1H3,(H,18,20)(H,21,22);2-4H2,1H3/t17-;14-;/m00./s1. The predicted octanol–water partition coefficient (Wildman–Crippen LogP) is 7.35. The van der Waals surface area contributed by atoms with Gasteiger partial charge in [-0.3, -0.25) is 14.4 Å². The Balaban J connectivity index is 0.000000349. The van der Waals surface area contributed by atoms with Crippen molar-refractivity contribution in [3.05, 3.63) is 119 Å². The Bertz CT molecular complexity index is 1820. The number of hydrogen-bond acceptors (Lipinski definition) is 13. The van der Waals surface area contributed by atoms with Crippen LogP contribution < -0.4 is 21.7 Å². The molecule has 4 rings (SSSR count). The number of nitrogens with one attached hydrogen (secondary N) is 3. The van der Waals surface area contributed by atoms with E-state index < -0.39 is 24.0 Å². The number of thioether (sulfide) groups is 2. The van der Waals surface area contributed by atoms with Gasteiger partial charge in [0.1, 0.15) is 23.6 Å². The maximum absolute atomic E-state index is 12.7. The summed E-state index contributed by atoms with van der Waals surface area (Å²) in [4.78, 5) is 50.9. The summed E-state index contributed by atoms with van der Waals surface area (Å²) in [6.07, 6.45) is 4.05. The normalized spacial score (nSPS) is 11.4. The molecule has 0 aliphatic rings. The Labute approximate surface area is 359 Å². The van der Waals surface area contributed by atoms with Crippen molar-refractivity contribution in [2.24, 2.45) is 5.73 Å². The lowest BCUT2D eigenvalue weighted by molar-refractivity contribution is -0.138. The number of amides is 3. The first-order valence-electron chi connectivity index (χ1n) is 17.5. The average Bonchev–Trinajstić information content (AvgIpc) is 3.21. The van der Waals surface area contributed by atoms with Crippen molar-refractivity contribution in [2.75, 3.05) is 48.6 Å². The molecule has 0 unspecified atom stereocenters. The van der Waals surface area contributed by atoms with E-state index in [2.05, 4.69) is 22.2 Å². The number of phenols is 2. The van der Waals surface area contributed by atoms with Gasteiger partial charge in [0.05, 0.1) is 0 Å². The summed E-state index contributed by atoms with van der Waals surface area (Å²) in [5.41, 5.74) is 6.72. The van der Waals surface area contributed by atoms with Gasteiger partial charge in [-0.2, -0.15) is 0 Å². The minimum atomic E-state index is -1.10. The molecule has 0 radical (unpaired) electrons. The second-order valence-electron chi connectivity index (χ2n) is 11.6. The van der Waals surface area contributed by atoms with E-state index in [0.717, 1.165) is 27.8 Å². The summed E-state index contributed by atoms with van der Waals surface area (Å²) < 4.78 is 0. The van der Waals surface area contributed by atoms with Gasteiger partial charge in [-0.15, -0.1) is 23.5 Å². The molecule has 3 amide bonds. The number of benzene rings is 4. The number of hydrogen-bond donors (Lipinski definition) is 7. The molecular formula is C40H50N4O7S6. The molecule has 308 valence electrons. The van der Waals surface area contributed by atoms with E-state index in [1.54, 1.807) is 81.3 Å². The van der Waals surface area contributed by atoms with Crippen molar-refractivity contribution in [3.63, 3.8) is 0 Å². The van der Waals surface area contributed by atoms with Crippen LogP contribution in [-0.4, -0.2) is 99.7 Å². The highest BCUT2D eigenvalue weighted by molar-refractivity contribution is 8.76. The molecule has 11 nitrogen and oxygen atoms in total. The third kappa shape index (κ3) is 19.1. The fourth-order valence-electron chi connectivity index (χ4n) is 4.51. The highest BCUT2D eigenvalue weighted by Gasteiger charge is 2.24. The number of aliphatic carboxylic acids is 1. The van der Waals surface area contributed by atoms with E-state index in [0.29, 0.717) is 29.0 Å². The summed E-state index contributed by atoms with van der Waals surface area (Å²) in [7, 11) is 6.88. The number of carbonyl (C=O) groups excluding carboxylic acids is 3. The number of nitrogens with two attached hydrogens (primary N) is 1. The zero-order valence-corrected chi connectivity index (χ0v) is 37.0. The Hall–Kier alpha value is -3.58. The van der Waals surface area contributed by atoms with Crippen LogP contribution in [0.15, 0.2) is 107 Å². The van der Waals surface area contributed by atoms with Gasteiger partial charge in [0.15, 0.2) is 0 Å². The molecule has 8 N–H and O–H groups in total. The molecule has 0 aliphatic heterocycles. The summed E-state index contributed by atoms with van der Waals surface area (Å²) in [6.45, 7) is 4.62. The number of rotatable bonds is 19. The SMILES string of the molecule is CSSCCN.CSSCCNC(=O)[C@H](CSc1ccccc1)NC(=O)c1cccc(O)c1C.Cc1c(O)cccc1C(=O)N[C@@H](CSc1ccccc1)C(=O)O. The molecule has 0 saturated heterocycles. The molecule has 2 atom stereocenters. The van der Waals surface area contributed by atoms with Gasteiger partial charge in [0, 0.05) is 68.1 Å². The fourth-order valence-corrected chi connectivity index (χ4v) is 8.55. The maximum Gasteiger partial charge on any atom is 0.327 e. The number of carbonyl (C=O) groups is 4. The summed E-state index contributed by atoms with van der Waals surface area (Å²) in [5, 5.41) is 37.0. The van der Waals surface area contributed by atoms with Gasteiger partial charge in [-0.05, 0) is 74.9 Å². The van der Waals surface area contributed by atoms with Crippen molar-refractivity contribution >= 4 is 90.4 Å². The van der Waals surface area contributed by atoms with Gasteiger partial charge < -0.3 is 37.0 Å². The van der Waals surface area contributed by atoms with Crippen molar-refractivity contribution in [1.29, 1.82) is 0 Å². The van der Waals surface area contributed by atoms with Crippen LogP contribution in [0.3, 0.4) is 0 Å². The van der Waals surface area contributed by atoms with E-state index in [1.165, 1.54) is 35.7 Å². The maximum atomic E-state index is 12.7. The van der Waals surface area contributed by atoms with Crippen LogP contribution in [0.5, 0.6) is 11.5 Å². The zero-order valence-electron chi connectivity index (χ0n) is 32.1. The second-order valence-corrected chi connectivity index (χ2v) is 19.2. The van der Waals surface area contributed by atoms with Crippen LogP contribution in [0.2, 0.25) is 0 Å². The quantitative estimate of drug-likeness (QED) is 0.0281. The van der Waals surface area contributed by atoms with Crippen molar-refractivity contribution in [3.8, 4) is 11.5 Å². The lowest BCUT2D eigenvalue weighted by Crippen LogP contribution is -2.48. The van der Waals surface area contributed by atoms with E-state index in [1.807, 2.05) is 66.9 Å². The average molecular weight is 891 g/mol. The topological polar surface area (TPSA) is 191 Å². The number of carboxylic acid groups (broad SMARTS) is 1. The summed E-state index contributed by atoms with van der Waals surface area (Å²) in [6, 6.07) is 26.8. The van der Waals surface area contributed by atoms with Crippen LogP contribution in [-0.2, 0) is 9.59 Å². The molecule has 0 heterocycles. The third-order valence-electron chi connectivity index (χ3n) is 7.57. The molecule has 57 heavy (non-hydrogen) atoms. The minimum absolute atomic E-state index is 0.00295. The van der Waals surface area contributed by atoms with Gasteiger partial charge in [-0.1, -0.05) is 91.7 Å². The first-order chi connectivity index (χ1) is 27.4. The van der Waals surface area contributed by atoms with Crippen LogP contribution in [0, 0.1) is 13.8 Å². The third-order valence-corrected chi connectivity index (χ3v) is 13.4. The van der Waals surface area contributed by atoms with E-state index in [4.69, 9.17) is 5.73 Å². The molecule has 0 aliphatic carbocycles. The van der Waals surface area contributed by atoms with E-state index >= 15 is 0 Å². The van der Waals surface area contributed by atoms with Crippen molar-refractivity contribution < 1.29 is 34.5 Å². The molecule has 0 aromatic heterocycles. The van der Waals surface area contributed by atoms with Crippen LogP contribution in [0.4, 0.5) is 0 Å². The highest BCUT2D eigenvalue weighted by Crippen LogP contribution is 2.23. The van der Waals surface area contributed by atoms with E-state index in [-0.39, 0.29) is 34.6 Å². The van der Waals surface area contributed by atoms with Crippen molar-refractivity contribution in [2.45, 2.75) is 35.7 Å². The largest absolute Gasteiger partial charge is 0.508 e. The molecule has 0 saturated carbocycles. The Morgan fingerprint density at radius 3 is 1.49 bits per heavy atom. The first kappa shape index (κ1) is 49.6. The molecular weight excluding hydrogens is 841 g/mol. The fraction of sp³-hybridized carbons (Fsp3) is 0.300.